The van der Waals surface area contributed by atoms with Crippen molar-refractivity contribution in [2.45, 2.75) is 116 Å². The molecule has 5 nitrogen and oxygen atoms in total. The number of amides is 1. The molecule has 29 heavy (non-hydrogen) atoms. The lowest BCUT2D eigenvalue weighted by atomic mass is 10.0. The maximum absolute atomic E-state index is 11.8. The first-order chi connectivity index (χ1) is 13.7. The molecule has 6 heteroatoms. The summed E-state index contributed by atoms with van der Waals surface area (Å²) in [7, 11) is 0. The van der Waals surface area contributed by atoms with Gasteiger partial charge in [0, 0.05) is 18.7 Å². The maximum Gasteiger partial charge on any atom is 0.220 e. The Bertz CT molecular complexity index is 493. The summed E-state index contributed by atoms with van der Waals surface area (Å²) >= 11 is 0. The Morgan fingerprint density at radius 1 is 0.897 bits per heavy atom. The highest BCUT2D eigenvalue weighted by Crippen LogP contribution is 2.12. The van der Waals surface area contributed by atoms with Crippen LogP contribution in [0.3, 0.4) is 0 Å². The monoisotopic (exact) mass is 428 g/mol. The molecule has 0 unspecified atom stereocenters. The van der Waals surface area contributed by atoms with E-state index in [2.05, 4.69) is 22.2 Å². The van der Waals surface area contributed by atoms with Gasteiger partial charge < -0.3 is 16.0 Å². The summed E-state index contributed by atoms with van der Waals surface area (Å²) in [6.45, 7) is 3.09. The van der Waals surface area contributed by atoms with Crippen molar-refractivity contribution >= 4 is 24.3 Å². The van der Waals surface area contributed by atoms with Crippen molar-refractivity contribution in [3.8, 4) is 0 Å². The number of hydrogen-bond acceptors (Lipinski definition) is 3. The van der Waals surface area contributed by atoms with E-state index < -0.39 is 0 Å². The molecule has 0 aliphatic heterocycles. The van der Waals surface area contributed by atoms with Crippen LogP contribution >= 0.6 is 12.4 Å². The lowest BCUT2D eigenvalue weighted by Crippen LogP contribution is -2.24. The fourth-order valence-electron chi connectivity index (χ4n) is 3.58. The van der Waals surface area contributed by atoms with E-state index >= 15 is 0 Å². The van der Waals surface area contributed by atoms with Crippen molar-refractivity contribution in [3.05, 3.63) is 11.9 Å². The molecule has 0 fully saturated rings. The molecule has 0 aromatic carbocycles. The Kier molecular flexibility index (Phi) is 19.2. The second kappa shape index (κ2) is 20.1. The van der Waals surface area contributed by atoms with Crippen LogP contribution in [-0.2, 0) is 11.2 Å². The number of aromatic amines is 1. The number of nitrogens with one attached hydrogen (secondary N) is 2. The Balaban J connectivity index is 0.00000784. The van der Waals surface area contributed by atoms with Gasteiger partial charge in [-0.05, 0) is 19.3 Å². The third-order valence-electron chi connectivity index (χ3n) is 5.35. The van der Waals surface area contributed by atoms with E-state index in [4.69, 9.17) is 5.73 Å². The number of carbonyl (C=O) groups is 1. The summed E-state index contributed by atoms with van der Waals surface area (Å²) in [5, 5.41) is 3.03. The van der Waals surface area contributed by atoms with E-state index in [0.717, 1.165) is 31.5 Å². The van der Waals surface area contributed by atoms with Crippen LogP contribution in [0.4, 0.5) is 5.95 Å². The molecule has 0 aliphatic carbocycles. The molecule has 0 atom stereocenters. The number of hydrogen-bond donors (Lipinski definition) is 3. The van der Waals surface area contributed by atoms with Crippen LogP contribution < -0.4 is 11.1 Å². The van der Waals surface area contributed by atoms with Gasteiger partial charge in [0.15, 0.2) is 5.95 Å². The summed E-state index contributed by atoms with van der Waals surface area (Å²) in [5.41, 5.74) is 6.53. The smallest absolute Gasteiger partial charge is 0.220 e. The SMILES string of the molecule is CCCCCCCCCCCCCCCCNC(=O)CCCc1cnc(N)[nH]1.Cl. The highest BCUT2D eigenvalue weighted by atomic mass is 35.5. The van der Waals surface area contributed by atoms with Crippen LogP contribution in [0.1, 0.15) is 115 Å². The van der Waals surface area contributed by atoms with Gasteiger partial charge in [-0.25, -0.2) is 4.98 Å². The number of nitrogen functional groups attached to an aromatic ring is 1. The van der Waals surface area contributed by atoms with Crippen LogP contribution in [-0.4, -0.2) is 22.4 Å². The zero-order valence-electron chi connectivity index (χ0n) is 18.6. The van der Waals surface area contributed by atoms with Gasteiger partial charge in [0.1, 0.15) is 0 Å². The molecule has 4 N–H and O–H groups in total. The number of unbranched alkanes of at least 4 members (excludes halogenated alkanes) is 13. The number of carbonyl (C=O) groups excluding carboxylic acids is 1. The molecular formula is C23H45ClN4O. The van der Waals surface area contributed by atoms with Gasteiger partial charge in [-0.2, -0.15) is 0 Å². The average Bonchev–Trinajstić information content (AvgIpc) is 3.10. The number of imidazole rings is 1. The highest BCUT2D eigenvalue weighted by molar-refractivity contribution is 5.85. The number of H-pyrrole nitrogens is 1. The van der Waals surface area contributed by atoms with Crippen molar-refractivity contribution in [3.63, 3.8) is 0 Å². The number of nitrogens with zero attached hydrogens (tertiary/aromatic N) is 1. The average molecular weight is 429 g/mol. The first kappa shape index (κ1) is 27.8. The summed E-state index contributed by atoms with van der Waals surface area (Å²) in [6.07, 6.45) is 23.0. The predicted molar refractivity (Wildman–Crippen MR) is 127 cm³/mol. The Hall–Kier alpha value is -1.23. The molecule has 1 aromatic heterocycles. The normalized spacial score (nSPS) is 10.7. The zero-order valence-corrected chi connectivity index (χ0v) is 19.5. The molecule has 170 valence electrons. The van der Waals surface area contributed by atoms with E-state index in [1.807, 2.05) is 0 Å². The Morgan fingerprint density at radius 2 is 1.41 bits per heavy atom. The lowest BCUT2D eigenvalue weighted by molar-refractivity contribution is -0.121. The minimum absolute atomic E-state index is 0. The quantitative estimate of drug-likeness (QED) is 0.225. The number of aryl methyl sites for hydroxylation is 1. The number of aromatic nitrogens is 2. The zero-order chi connectivity index (χ0) is 20.3. The molecule has 1 heterocycles. The fourth-order valence-corrected chi connectivity index (χ4v) is 3.58. The molecule has 0 saturated carbocycles. The molecule has 1 aromatic rings. The van der Waals surface area contributed by atoms with Crippen LogP contribution in [0, 0.1) is 0 Å². The van der Waals surface area contributed by atoms with Gasteiger partial charge in [-0.1, -0.05) is 90.4 Å². The minimum atomic E-state index is 0. The highest BCUT2D eigenvalue weighted by Gasteiger charge is 2.03. The second-order valence-corrected chi connectivity index (χ2v) is 8.09. The van der Waals surface area contributed by atoms with Gasteiger partial charge in [0.2, 0.25) is 5.91 Å². The topological polar surface area (TPSA) is 83.8 Å². The van der Waals surface area contributed by atoms with Crippen molar-refractivity contribution in [2.75, 3.05) is 12.3 Å². The van der Waals surface area contributed by atoms with E-state index in [9.17, 15) is 4.79 Å². The summed E-state index contributed by atoms with van der Waals surface area (Å²) in [5.74, 6) is 0.597. The van der Waals surface area contributed by atoms with Gasteiger partial charge in [0.05, 0.1) is 6.20 Å². The first-order valence-electron chi connectivity index (χ1n) is 11.8. The third-order valence-corrected chi connectivity index (χ3v) is 5.35. The van der Waals surface area contributed by atoms with E-state index in [1.165, 1.54) is 83.5 Å². The van der Waals surface area contributed by atoms with Crippen molar-refractivity contribution in [1.82, 2.24) is 15.3 Å². The van der Waals surface area contributed by atoms with Crippen LogP contribution in [0.5, 0.6) is 0 Å². The lowest BCUT2D eigenvalue weighted by Gasteiger charge is -2.05. The molecule has 0 aliphatic rings. The van der Waals surface area contributed by atoms with Gasteiger partial charge >= 0.3 is 0 Å². The van der Waals surface area contributed by atoms with Crippen LogP contribution in [0.25, 0.3) is 0 Å². The standard InChI is InChI=1S/C23H44N4O.ClH/c1-2-3-4-5-6-7-8-9-10-11-12-13-14-15-19-25-22(28)18-16-17-21-20-26-23(24)27-21;/h20H,2-19H2,1H3,(H,25,28)(H3,24,26,27);1H. The second-order valence-electron chi connectivity index (χ2n) is 8.09. The number of nitrogens with two attached hydrogens (primary N) is 1. The summed E-state index contributed by atoms with van der Waals surface area (Å²) in [4.78, 5) is 18.8. The molecule has 0 spiro atoms. The maximum atomic E-state index is 11.8. The van der Waals surface area contributed by atoms with Crippen molar-refractivity contribution in [2.24, 2.45) is 0 Å². The number of halogens is 1. The molecular weight excluding hydrogens is 384 g/mol. The van der Waals surface area contributed by atoms with Crippen molar-refractivity contribution < 1.29 is 4.79 Å². The van der Waals surface area contributed by atoms with E-state index in [0.29, 0.717) is 12.4 Å². The van der Waals surface area contributed by atoms with E-state index in [-0.39, 0.29) is 18.3 Å². The molecule has 1 rings (SSSR count). The Morgan fingerprint density at radius 3 is 1.90 bits per heavy atom. The fraction of sp³-hybridized carbons (Fsp3) is 0.826. The molecule has 0 radical (unpaired) electrons. The number of anilines is 1. The minimum Gasteiger partial charge on any atom is -0.369 e. The Labute approximate surface area is 184 Å². The van der Waals surface area contributed by atoms with Crippen LogP contribution in [0.15, 0.2) is 6.20 Å². The predicted octanol–water partition coefficient (Wildman–Crippen LogP) is 6.33. The summed E-state index contributed by atoms with van der Waals surface area (Å²) < 4.78 is 0. The summed E-state index contributed by atoms with van der Waals surface area (Å²) in [6, 6.07) is 0. The molecule has 0 saturated heterocycles. The van der Waals surface area contributed by atoms with Gasteiger partial charge in [-0.15, -0.1) is 12.4 Å². The van der Waals surface area contributed by atoms with Crippen molar-refractivity contribution in [1.29, 1.82) is 0 Å². The van der Waals surface area contributed by atoms with E-state index in [1.54, 1.807) is 6.20 Å². The third kappa shape index (κ3) is 17.3. The largest absolute Gasteiger partial charge is 0.369 e. The van der Waals surface area contributed by atoms with Gasteiger partial charge in [0.25, 0.3) is 0 Å². The van der Waals surface area contributed by atoms with Gasteiger partial charge in [-0.3, -0.25) is 4.79 Å². The first-order valence-corrected chi connectivity index (χ1v) is 11.8. The number of rotatable bonds is 19. The molecule has 0 bridgehead atoms. The van der Waals surface area contributed by atoms with Crippen LogP contribution in [0.2, 0.25) is 0 Å². The molecule has 1 amide bonds.